The Morgan fingerprint density at radius 3 is 2.75 bits per heavy atom. The minimum atomic E-state index is -0.551. The number of carbonyl (C=O) groups is 1. The summed E-state index contributed by atoms with van der Waals surface area (Å²) in [5.74, 6) is -0.370. The Hall–Kier alpha value is -1.10. The Morgan fingerprint density at radius 2 is 2.19 bits per heavy atom. The zero-order valence-corrected chi connectivity index (χ0v) is 10.9. The van der Waals surface area contributed by atoms with Crippen molar-refractivity contribution in [1.82, 2.24) is 4.57 Å². The first-order chi connectivity index (χ1) is 7.60. The molecule has 1 atom stereocenters. The van der Waals surface area contributed by atoms with E-state index < -0.39 is 6.04 Å². The lowest BCUT2D eigenvalue weighted by Gasteiger charge is -2.16. The molecule has 0 N–H and O–H groups in total. The highest BCUT2D eigenvalue weighted by Crippen LogP contribution is 2.14. The van der Waals surface area contributed by atoms with Crippen molar-refractivity contribution in [1.29, 1.82) is 0 Å². The van der Waals surface area contributed by atoms with Crippen LogP contribution in [0.5, 0.6) is 0 Å². The van der Waals surface area contributed by atoms with Gasteiger partial charge in [-0.05, 0) is 35.3 Å². The van der Waals surface area contributed by atoms with E-state index in [1.807, 2.05) is 6.92 Å². The average molecular weight is 288 g/mol. The first-order valence-corrected chi connectivity index (χ1v) is 5.93. The van der Waals surface area contributed by atoms with Crippen LogP contribution in [-0.4, -0.2) is 17.1 Å². The maximum Gasteiger partial charge on any atom is 0.329 e. The van der Waals surface area contributed by atoms with E-state index in [0.717, 1.165) is 4.47 Å². The van der Waals surface area contributed by atoms with Gasteiger partial charge in [-0.1, -0.05) is 6.92 Å². The molecule has 0 spiro atoms. The van der Waals surface area contributed by atoms with E-state index in [2.05, 4.69) is 15.9 Å². The number of esters is 1. The van der Waals surface area contributed by atoms with E-state index in [1.165, 1.54) is 10.6 Å². The molecule has 1 rings (SSSR count). The van der Waals surface area contributed by atoms with Gasteiger partial charge in [0.05, 0.1) is 6.61 Å². The Bertz CT molecular complexity index is 427. The van der Waals surface area contributed by atoms with Gasteiger partial charge in [-0.3, -0.25) is 4.79 Å². The van der Waals surface area contributed by atoms with E-state index in [4.69, 9.17) is 4.74 Å². The van der Waals surface area contributed by atoms with Crippen LogP contribution < -0.4 is 5.56 Å². The Morgan fingerprint density at radius 1 is 1.50 bits per heavy atom. The third kappa shape index (κ3) is 2.95. The highest BCUT2D eigenvalue weighted by Gasteiger charge is 2.20. The van der Waals surface area contributed by atoms with Crippen LogP contribution in [0.3, 0.4) is 0 Å². The summed E-state index contributed by atoms with van der Waals surface area (Å²) in [5, 5.41) is 0. The summed E-state index contributed by atoms with van der Waals surface area (Å²) in [7, 11) is 0. The molecule has 4 nitrogen and oxygen atoms in total. The molecule has 0 amide bonds. The lowest BCUT2D eigenvalue weighted by atomic mass is 10.2. The minimum absolute atomic E-state index is 0.205. The first-order valence-electron chi connectivity index (χ1n) is 5.14. The molecule has 1 unspecified atom stereocenters. The summed E-state index contributed by atoms with van der Waals surface area (Å²) in [4.78, 5) is 23.3. The third-order valence-corrected chi connectivity index (χ3v) is 2.65. The molecule has 0 aromatic carbocycles. The van der Waals surface area contributed by atoms with Crippen molar-refractivity contribution >= 4 is 21.9 Å². The van der Waals surface area contributed by atoms with Crippen molar-refractivity contribution in [2.24, 2.45) is 0 Å². The number of ether oxygens (including phenoxy) is 1. The smallest absolute Gasteiger partial charge is 0.329 e. The maximum absolute atomic E-state index is 11.6. The van der Waals surface area contributed by atoms with Crippen LogP contribution in [0.2, 0.25) is 0 Å². The normalized spacial score (nSPS) is 12.2. The van der Waals surface area contributed by atoms with Crippen molar-refractivity contribution in [2.75, 3.05) is 6.61 Å². The SMILES string of the molecule is CCOC(=O)C(CC)n1cc(Br)ccc1=O. The lowest BCUT2D eigenvalue weighted by Crippen LogP contribution is -2.30. The largest absolute Gasteiger partial charge is 0.464 e. The topological polar surface area (TPSA) is 48.3 Å². The fourth-order valence-electron chi connectivity index (χ4n) is 1.44. The number of nitrogens with zero attached hydrogens (tertiary/aromatic N) is 1. The zero-order valence-electron chi connectivity index (χ0n) is 9.27. The van der Waals surface area contributed by atoms with Crippen molar-refractivity contribution < 1.29 is 9.53 Å². The Kier molecular flexibility index (Phi) is 4.73. The molecule has 0 bridgehead atoms. The summed E-state index contributed by atoms with van der Waals surface area (Å²) >= 11 is 3.27. The molecule has 1 aromatic heterocycles. The standard InChI is InChI=1S/C11H14BrNO3/c1-3-9(11(15)16-4-2)13-7-8(12)5-6-10(13)14/h5-7,9H,3-4H2,1-2H3. The molecule has 1 heterocycles. The Labute approximate surface area is 102 Å². The fourth-order valence-corrected chi connectivity index (χ4v) is 1.79. The monoisotopic (exact) mass is 287 g/mol. The molecule has 0 aliphatic heterocycles. The zero-order chi connectivity index (χ0) is 12.1. The summed E-state index contributed by atoms with van der Waals surface area (Å²) in [5.41, 5.74) is -0.205. The second kappa shape index (κ2) is 5.84. The van der Waals surface area contributed by atoms with Crippen LogP contribution >= 0.6 is 15.9 Å². The van der Waals surface area contributed by atoms with E-state index in [9.17, 15) is 9.59 Å². The van der Waals surface area contributed by atoms with Crippen LogP contribution in [-0.2, 0) is 9.53 Å². The van der Waals surface area contributed by atoms with Gasteiger partial charge in [0, 0.05) is 16.7 Å². The van der Waals surface area contributed by atoms with Gasteiger partial charge in [0.1, 0.15) is 6.04 Å². The first kappa shape index (κ1) is 13.0. The number of hydrogen-bond acceptors (Lipinski definition) is 3. The van der Waals surface area contributed by atoms with Gasteiger partial charge in [-0.15, -0.1) is 0 Å². The summed E-state index contributed by atoms with van der Waals surface area (Å²) in [6, 6.07) is 2.52. The highest BCUT2D eigenvalue weighted by atomic mass is 79.9. The number of pyridine rings is 1. The molecular formula is C11H14BrNO3. The van der Waals surface area contributed by atoms with E-state index in [-0.39, 0.29) is 11.5 Å². The summed E-state index contributed by atoms with van der Waals surface area (Å²) < 4.78 is 7.08. The molecule has 0 saturated heterocycles. The van der Waals surface area contributed by atoms with Gasteiger partial charge >= 0.3 is 5.97 Å². The summed E-state index contributed by atoms with van der Waals surface area (Å²) in [6.07, 6.45) is 2.13. The summed E-state index contributed by atoms with van der Waals surface area (Å²) in [6.45, 7) is 3.90. The van der Waals surface area contributed by atoms with Crippen molar-refractivity contribution in [3.05, 3.63) is 33.2 Å². The van der Waals surface area contributed by atoms with Gasteiger partial charge in [0.2, 0.25) is 0 Å². The van der Waals surface area contributed by atoms with Crippen LogP contribution in [0, 0.1) is 0 Å². The van der Waals surface area contributed by atoms with Gasteiger partial charge < -0.3 is 9.30 Å². The second-order valence-electron chi connectivity index (χ2n) is 3.27. The molecule has 0 saturated carbocycles. The van der Waals surface area contributed by atoms with Crippen LogP contribution in [0.25, 0.3) is 0 Å². The van der Waals surface area contributed by atoms with E-state index >= 15 is 0 Å². The number of rotatable bonds is 4. The molecule has 5 heteroatoms. The molecular weight excluding hydrogens is 274 g/mol. The van der Waals surface area contributed by atoms with Crippen molar-refractivity contribution in [3.8, 4) is 0 Å². The minimum Gasteiger partial charge on any atom is -0.464 e. The second-order valence-corrected chi connectivity index (χ2v) is 4.18. The third-order valence-electron chi connectivity index (χ3n) is 2.18. The fraction of sp³-hybridized carbons (Fsp3) is 0.455. The van der Waals surface area contributed by atoms with Crippen molar-refractivity contribution in [3.63, 3.8) is 0 Å². The van der Waals surface area contributed by atoms with Gasteiger partial charge in [0.15, 0.2) is 0 Å². The lowest BCUT2D eigenvalue weighted by molar-refractivity contribution is -0.147. The highest BCUT2D eigenvalue weighted by molar-refractivity contribution is 9.10. The molecule has 0 aliphatic rings. The number of carbonyl (C=O) groups excluding carboxylic acids is 1. The van der Waals surface area contributed by atoms with E-state index in [0.29, 0.717) is 13.0 Å². The predicted octanol–water partition coefficient (Wildman–Crippen LogP) is 2.12. The number of halogens is 1. The molecule has 88 valence electrons. The Balaban J connectivity index is 3.08. The predicted molar refractivity (Wildman–Crippen MR) is 64.4 cm³/mol. The van der Waals surface area contributed by atoms with Gasteiger partial charge in [0.25, 0.3) is 5.56 Å². The number of aromatic nitrogens is 1. The quantitative estimate of drug-likeness (QED) is 0.797. The molecule has 1 aromatic rings. The van der Waals surface area contributed by atoms with E-state index in [1.54, 1.807) is 19.2 Å². The molecule has 16 heavy (non-hydrogen) atoms. The van der Waals surface area contributed by atoms with Crippen LogP contribution in [0.1, 0.15) is 26.3 Å². The molecule has 0 aliphatic carbocycles. The van der Waals surface area contributed by atoms with Crippen LogP contribution in [0.15, 0.2) is 27.6 Å². The van der Waals surface area contributed by atoms with Crippen molar-refractivity contribution in [2.45, 2.75) is 26.3 Å². The van der Waals surface area contributed by atoms with Crippen LogP contribution in [0.4, 0.5) is 0 Å². The molecule has 0 fully saturated rings. The molecule has 0 radical (unpaired) electrons. The van der Waals surface area contributed by atoms with Gasteiger partial charge in [-0.25, -0.2) is 4.79 Å². The number of hydrogen-bond donors (Lipinski definition) is 0. The van der Waals surface area contributed by atoms with Gasteiger partial charge in [-0.2, -0.15) is 0 Å². The maximum atomic E-state index is 11.6. The average Bonchev–Trinajstić information content (AvgIpc) is 2.24.